The van der Waals surface area contributed by atoms with Crippen molar-refractivity contribution in [1.82, 2.24) is 42.1 Å². The van der Waals surface area contributed by atoms with Gasteiger partial charge in [0.1, 0.15) is 18.8 Å². The van der Waals surface area contributed by atoms with Crippen molar-refractivity contribution >= 4 is 47.9 Å². The SMILES string of the molecule is CC(C)C[C@@H](CNC(=O)N[C@@H](CCCCCNC(=O)OCc1ccccc1Cl)CNC(=O)N1CCC[C@H]1CN=[N+]=[N-])NC(=O)NC[C@H](CCC(=O)OCc1ccccc1)NC(=O)OC(C)(C)C. The molecule has 1 heterocycles. The van der Waals surface area contributed by atoms with E-state index in [1.807, 2.05) is 50.2 Å². The van der Waals surface area contributed by atoms with Crippen molar-refractivity contribution in [3.63, 3.8) is 0 Å². The van der Waals surface area contributed by atoms with E-state index in [-0.39, 0.29) is 70.2 Å². The number of benzene rings is 2. The van der Waals surface area contributed by atoms with Gasteiger partial charge < -0.3 is 56.3 Å². The van der Waals surface area contributed by atoms with Crippen LogP contribution < -0.4 is 37.2 Å². The maximum atomic E-state index is 13.4. The molecular formula is C46H70ClN11O9. The molecule has 0 unspecified atom stereocenters. The molecule has 8 amide bonds. The lowest BCUT2D eigenvalue weighted by Gasteiger charge is -2.26. The predicted molar refractivity (Wildman–Crippen MR) is 254 cm³/mol. The summed E-state index contributed by atoms with van der Waals surface area (Å²) >= 11 is 6.14. The van der Waals surface area contributed by atoms with Crippen molar-refractivity contribution in [2.75, 3.05) is 39.3 Å². The van der Waals surface area contributed by atoms with E-state index in [0.29, 0.717) is 55.8 Å². The van der Waals surface area contributed by atoms with Crippen molar-refractivity contribution in [2.24, 2.45) is 11.0 Å². The van der Waals surface area contributed by atoms with E-state index in [4.69, 9.17) is 31.3 Å². The van der Waals surface area contributed by atoms with Gasteiger partial charge in [0.25, 0.3) is 0 Å². The second-order valence-electron chi connectivity index (χ2n) is 17.8. The van der Waals surface area contributed by atoms with E-state index < -0.39 is 53.9 Å². The second-order valence-corrected chi connectivity index (χ2v) is 18.2. The fraction of sp³-hybridized carbons (Fsp3) is 0.609. The number of unbranched alkanes of at least 4 members (excludes halogenated alkanes) is 2. The van der Waals surface area contributed by atoms with Gasteiger partial charge in [0, 0.05) is 79.3 Å². The summed E-state index contributed by atoms with van der Waals surface area (Å²) in [6.45, 7) is 10.6. The van der Waals surface area contributed by atoms with Crippen LogP contribution in [0.25, 0.3) is 10.4 Å². The van der Waals surface area contributed by atoms with E-state index in [1.165, 1.54) is 0 Å². The number of azide groups is 1. The molecule has 2 aromatic rings. The number of nitrogens with one attached hydrogen (secondary N) is 7. The van der Waals surface area contributed by atoms with Gasteiger partial charge in [0.05, 0.1) is 6.04 Å². The van der Waals surface area contributed by atoms with Crippen LogP contribution >= 0.6 is 11.6 Å². The van der Waals surface area contributed by atoms with Crippen LogP contribution in [0.15, 0.2) is 59.7 Å². The van der Waals surface area contributed by atoms with E-state index in [0.717, 1.165) is 18.4 Å². The van der Waals surface area contributed by atoms with Crippen LogP contribution in [0.4, 0.5) is 24.0 Å². The summed E-state index contributed by atoms with van der Waals surface area (Å²) in [5.74, 6) is -0.316. The maximum Gasteiger partial charge on any atom is 0.407 e. The molecule has 20 nitrogen and oxygen atoms in total. The molecule has 7 N–H and O–H groups in total. The van der Waals surface area contributed by atoms with Crippen LogP contribution in [0.2, 0.25) is 5.02 Å². The zero-order valence-corrected chi connectivity index (χ0v) is 40.2. The van der Waals surface area contributed by atoms with Crippen LogP contribution in [-0.4, -0.2) is 110 Å². The van der Waals surface area contributed by atoms with Crippen molar-refractivity contribution in [3.05, 3.63) is 81.2 Å². The highest BCUT2D eigenvalue weighted by molar-refractivity contribution is 6.31. The molecule has 0 aliphatic carbocycles. The largest absolute Gasteiger partial charge is 0.461 e. The minimum absolute atomic E-state index is 0.0218. The molecule has 0 spiro atoms. The fourth-order valence-electron chi connectivity index (χ4n) is 7.12. The third-order valence-corrected chi connectivity index (χ3v) is 10.8. The molecule has 0 saturated carbocycles. The summed E-state index contributed by atoms with van der Waals surface area (Å²) < 4.78 is 16.1. The summed E-state index contributed by atoms with van der Waals surface area (Å²) in [7, 11) is 0. The highest BCUT2D eigenvalue weighted by Crippen LogP contribution is 2.18. The van der Waals surface area contributed by atoms with Gasteiger partial charge in [0.2, 0.25) is 0 Å². The molecule has 1 aliphatic heterocycles. The first-order valence-corrected chi connectivity index (χ1v) is 23.4. The zero-order chi connectivity index (χ0) is 49.0. The number of carbonyl (C=O) groups excluding carboxylic acids is 6. The van der Waals surface area contributed by atoms with Gasteiger partial charge in [-0.25, -0.2) is 24.0 Å². The maximum absolute atomic E-state index is 13.4. The van der Waals surface area contributed by atoms with Gasteiger partial charge in [-0.2, -0.15) is 0 Å². The molecule has 1 saturated heterocycles. The quantitative estimate of drug-likeness (QED) is 0.0123. The number of carbonyl (C=O) groups is 6. The Morgan fingerprint density at radius 2 is 1.45 bits per heavy atom. The van der Waals surface area contributed by atoms with E-state index in [9.17, 15) is 28.8 Å². The van der Waals surface area contributed by atoms with E-state index in [2.05, 4.69) is 47.2 Å². The molecule has 370 valence electrons. The lowest BCUT2D eigenvalue weighted by Crippen LogP contribution is -2.54. The highest BCUT2D eigenvalue weighted by Gasteiger charge is 2.29. The minimum atomic E-state index is -0.770. The van der Waals surface area contributed by atoms with Gasteiger partial charge in [-0.1, -0.05) is 91.9 Å². The Bertz CT molecular complexity index is 1910. The van der Waals surface area contributed by atoms with Crippen molar-refractivity contribution < 1.29 is 43.0 Å². The minimum Gasteiger partial charge on any atom is -0.461 e. The first-order valence-electron chi connectivity index (χ1n) is 23.0. The van der Waals surface area contributed by atoms with Crippen molar-refractivity contribution in [3.8, 4) is 0 Å². The molecule has 0 bridgehead atoms. The Labute approximate surface area is 398 Å². The van der Waals surface area contributed by atoms with Crippen molar-refractivity contribution in [1.29, 1.82) is 0 Å². The van der Waals surface area contributed by atoms with Crippen LogP contribution in [0.1, 0.15) is 104 Å². The highest BCUT2D eigenvalue weighted by atomic mass is 35.5. The number of ether oxygens (including phenoxy) is 3. The number of nitrogens with zero attached hydrogens (tertiary/aromatic N) is 4. The fourth-order valence-corrected chi connectivity index (χ4v) is 7.31. The number of likely N-dealkylation sites (tertiary alicyclic amines) is 1. The topological polar surface area (TPSA) is 266 Å². The van der Waals surface area contributed by atoms with Gasteiger partial charge in [-0.15, -0.1) is 0 Å². The van der Waals surface area contributed by atoms with Crippen LogP contribution in [0, 0.1) is 5.92 Å². The van der Waals surface area contributed by atoms with E-state index >= 15 is 0 Å². The Balaban J connectivity index is 1.54. The Hall–Kier alpha value is -6.14. The molecule has 21 heteroatoms. The van der Waals surface area contributed by atoms with Crippen molar-refractivity contribution in [2.45, 2.75) is 135 Å². The number of esters is 1. The molecule has 4 atom stereocenters. The number of amides is 8. The number of urea groups is 3. The second kappa shape index (κ2) is 30.2. The van der Waals surface area contributed by atoms with Crippen LogP contribution in [0.5, 0.6) is 0 Å². The molecule has 0 aromatic heterocycles. The average Bonchev–Trinajstić information content (AvgIpc) is 3.76. The third kappa shape index (κ3) is 24.3. The molecule has 1 aliphatic rings. The van der Waals surface area contributed by atoms with Crippen LogP contribution in [0.3, 0.4) is 0 Å². The van der Waals surface area contributed by atoms with Gasteiger partial charge in [-0.05, 0) is 82.4 Å². The Kier molecular flexibility index (Phi) is 24.9. The predicted octanol–water partition coefficient (Wildman–Crippen LogP) is 7.41. The molecule has 2 aromatic carbocycles. The molecular weight excluding hydrogens is 886 g/mol. The normalized spacial score (nSPS) is 14.6. The summed E-state index contributed by atoms with van der Waals surface area (Å²) in [5, 5.41) is 24.1. The number of alkyl carbamates (subject to hydrolysis) is 2. The average molecular weight is 957 g/mol. The first-order chi connectivity index (χ1) is 32.0. The van der Waals surface area contributed by atoms with Gasteiger partial charge >= 0.3 is 36.2 Å². The zero-order valence-electron chi connectivity index (χ0n) is 39.4. The van der Waals surface area contributed by atoms with E-state index in [1.54, 1.807) is 43.9 Å². The van der Waals surface area contributed by atoms with Crippen LogP contribution in [-0.2, 0) is 32.2 Å². The number of halogens is 1. The molecule has 1 fully saturated rings. The number of hydrogen-bond acceptors (Lipinski definition) is 10. The lowest BCUT2D eigenvalue weighted by molar-refractivity contribution is -0.145. The standard InChI is InChI=1S/C46H70ClN11O9/c1-32(2)25-37(55-42(61)50-26-36(56-45(64)67-46(3,4)5)21-22-40(59)65-30-33-15-8-6-9-16-33)28-51-41(60)54-35(27-52-43(62)58-24-14-19-38(58)29-53-57-48)18-10-7-13-23-49-44(63)66-31-34-17-11-12-20-39(34)47/h6,8-9,11-12,15-17,20,32,35-38H,7,10,13-14,18-19,21-31H2,1-5H3,(H,49,63)(H,52,62)(H,56,64)(H2,50,55,61)(H2,51,54,60)/t35-,36-,37-,38-/m0/s1. The number of rotatable bonds is 26. The third-order valence-electron chi connectivity index (χ3n) is 10.4. The Morgan fingerprint density at radius 1 is 0.791 bits per heavy atom. The smallest absolute Gasteiger partial charge is 0.407 e. The molecule has 3 rings (SSSR count). The van der Waals surface area contributed by atoms with Gasteiger partial charge in [-0.3, -0.25) is 4.79 Å². The lowest BCUT2D eigenvalue weighted by atomic mass is 10.0. The summed E-state index contributed by atoms with van der Waals surface area (Å²) in [6.07, 6.45) is 3.43. The number of hydrogen-bond donors (Lipinski definition) is 7. The molecule has 0 radical (unpaired) electrons. The first kappa shape index (κ1) is 55.2. The Morgan fingerprint density at radius 3 is 2.13 bits per heavy atom. The molecule has 67 heavy (non-hydrogen) atoms. The monoisotopic (exact) mass is 956 g/mol. The summed E-state index contributed by atoms with van der Waals surface area (Å²) in [4.78, 5) is 81.8. The van der Waals surface area contributed by atoms with Gasteiger partial charge in [0.15, 0.2) is 0 Å². The summed E-state index contributed by atoms with van der Waals surface area (Å²) in [5.41, 5.74) is 9.56. The summed E-state index contributed by atoms with van der Waals surface area (Å²) in [6, 6.07) is 13.2.